The SMILES string of the molecule is CCOC(=O)C[C@H](c1ccc([N+](=O)[O-])cc1)[C@H](NC(=O)Cc1ccc(F)cc1)C(N)=O. The van der Waals surface area contributed by atoms with E-state index < -0.39 is 40.5 Å². The van der Waals surface area contributed by atoms with Crippen molar-refractivity contribution in [2.45, 2.75) is 31.7 Å². The number of benzene rings is 2. The zero-order chi connectivity index (χ0) is 23.0. The maximum atomic E-state index is 13.0. The second-order valence-corrected chi connectivity index (χ2v) is 6.72. The maximum Gasteiger partial charge on any atom is 0.306 e. The van der Waals surface area contributed by atoms with E-state index in [9.17, 15) is 28.9 Å². The summed E-state index contributed by atoms with van der Waals surface area (Å²) < 4.78 is 18.0. The van der Waals surface area contributed by atoms with Gasteiger partial charge in [-0.3, -0.25) is 24.5 Å². The molecule has 3 N–H and O–H groups in total. The van der Waals surface area contributed by atoms with E-state index in [4.69, 9.17) is 10.5 Å². The van der Waals surface area contributed by atoms with E-state index in [1.165, 1.54) is 48.5 Å². The molecule has 10 heteroatoms. The molecule has 2 aromatic carbocycles. The lowest BCUT2D eigenvalue weighted by molar-refractivity contribution is -0.384. The molecule has 0 aromatic heterocycles. The fourth-order valence-electron chi connectivity index (χ4n) is 3.05. The van der Waals surface area contributed by atoms with Crippen molar-refractivity contribution in [2.24, 2.45) is 5.73 Å². The van der Waals surface area contributed by atoms with Gasteiger partial charge in [0, 0.05) is 18.1 Å². The molecule has 2 aromatic rings. The molecule has 164 valence electrons. The molecule has 0 radical (unpaired) electrons. The Morgan fingerprint density at radius 2 is 1.74 bits per heavy atom. The monoisotopic (exact) mass is 431 g/mol. The van der Waals surface area contributed by atoms with Crippen molar-refractivity contribution in [1.29, 1.82) is 0 Å². The van der Waals surface area contributed by atoms with Crippen LogP contribution < -0.4 is 11.1 Å². The highest BCUT2D eigenvalue weighted by Crippen LogP contribution is 2.26. The van der Waals surface area contributed by atoms with Gasteiger partial charge in [0.05, 0.1) is 24.4 Å². The first-order valence-electron chi connectivity index (χ1n) is 9.44. The minimum atomic E-state index is -1.28. The summed E-state index contributed by atoms with van der Waals surface area (Å²) in [4.78, 5) is 47.1. The van der Waals surface area contributed by atoms with Crippen LogP contribution in [0.3, 0.4) is 0 Å². The molecule has 31 heavy (non-hydrogen) atoms. The van der Waals surface area contributed by atoms with Crippen LogP contribution in [0, 0.1) is 15.9 Å². The molecule has 0 heterocycles. The number of nitro groups is 1. The van der Waals surface area contributed by atoms with Crippen LogP contribution in [-0.4, -0.2) is 35.4 Å². The molecule has 0 aliphatic rings. The molecule has 0 aliphatic heterocycles. The highest BCUT2D eigenvalue weighted by atomic mass is 19.1. The second kappa shape index (κ2) is 10.8. The van der Waals surface area contributed by atoms with Crippen LogP contribution in [0.2, 0.25) is 0 Å². The predicted molar refractivity (Wildman–Crippen MR) is 108 cm³/mol. The number of non-ortho nitro benzene ring substituents is 1. The molecule has 2 amide bonds. The summed E-state index contributed by atoms with van der Waals surface area (Å²) in [7, 11) is 0. The summed E-state index contributed by atoms with van der Waals surface area (Å²) in [5.41, 5.74) is 6.24. The molecule has 9 nitrogen and oxygen atoms in total. The van der Waals surface area contributed by atoms with Crippen molar-refractivity contribution in [3.8, 4) is 0 Å². The van der Waals surface area contributed by atoms with Gasteiger partial charge in [-0.25, -0.2) is 4.39 Å². The van der Waals surface area contributed by atoms with Gasteiger partial charge in [0.15, 0.2) is 0 Å². The van der Waals surface area contributed by atoms with Crippen LogP contribution in [0.25, 0.3) is 0 Å². The number of carbonyl (C=O) groups excluding carboxylic acids is 3. The molecular formula is C21H22FN3O6. The number of esters is 1. The van der Waals surface area contributed by atoms with Crippen LogP contribution in [-0.2, 0) is 25.5 Å². The van der Waals surface area contributed by atoms with Crippen molar-refractivity contribution in [3.63, 3.8) is 0 Å². The van der Waals surface area contributed by atoms with Gasteiger partial charge in [-0.2, -0.15) is 0 Å². The molecule has 2 atom stereocenters. The molecule has 0 aliphatic carbocycles. The fourth-order valence-corrected chi connectivity index (χ4v) is 3.05. The first-order chi connectivity index (χ1) is 14.7. The second-order valence-electron chi connectivity index (χ2n) is 6.72. The topological polar surface area (TPSA) is 142 Å². The van der Waals surface area contributed by atoms with Gasteiger partial charge in [-0.05, 0) is 30.2 Å². The predicted octanol–water partition coefficient (Wildman–Crippen LogP) is 1.98. The number of nitrogens with zero attached hydrogens (tertiary/aromatic N) is 1. The number of ether oxygens (including phenoxy) is 1. The van der Waals surface area contributed by atoms with E-state index >= 15 is 0 Å². The number of nitro benzene ring substituents is 1. The fraction of sp³-hybridized carbons (Fsp3) is 0.286. The van der Waals surface area contributed by atoms with Crippen molar-refractivity contribution in [2.75, 3.05) is 6.61 Å². The number of nitrogens with two attached hydrogens (primary N) is 1. The molecule has 0 fully saturated rings. The number of rotatable bonds is 10. The van der Waals surface area contributed by atoms with E-state index in [0.29, 0.717) is 11.1 Å². The Hall–Kier alpha value is -3.82. The van der Waals surface area contributed by atoms with Crippen LogP contribution >= 0.6 is 0 Å². The van der Waals surface area contributed by atoms with Crippen molar-refractivity contribution >= 4 is 23.5 Å². The number of nitrogens with one attached hydrogen (secondary N) is 1. The minimum absolute atomic E-state index is 0.115. The van der Waals surface area contributed by atoms with Crippen LogP contribution in [0.4, 0.5) is 10.1 Å². The molecular weight excluding hydrogens is 409 g/mol. The Kier molecular flexibility index (Phi) is 8.18. The lowest BCUT2D eigenvalue weighted by atomic mass is 9.87. The van der Waals surface area contributed by atoms with Crippen LogP contribution in [0.15, 0.2) is 48.5 Å². The van der Waals surface area contributed by atoms with Gasteiger partial charge in [0.2, 0.25) is 11.8 Å². The Labute approximate surface area is 177 Å². The Balaban J connectivity index is 2.28. The minimum Gasteiger partial charge on any atom is -0.466 e. The zero-order valence-electron chi connectivity index (χ0n) is 16.7. The molecule has 2 rings (SSSR count). The van der Waals surface area contributed by atoms with E-state index in [0.717, 1.165) is 0 Å². The summed E-state index contributed by atoms with van der Waals surface area (Å²) in [6.45, 7) is 1.73. The van der Waals surface area contributed by atoms with Crippen molar-refractivity contribution in [1.82, 2.24) is 5.32 Å². The number of hydrogen-bond acceptors (Lipinski definition) is 6. The van der Waals surface area contributed by atoms with Gasteiger partial charge < -0.3 is 15.8 Å². The average molecular weight is 431 g/mol. The maximum absolute atomic E-state index is 13.0. The smallest absolute Gasteiger partial charge is 0.306 e. The third kappa shape index (κ3) is 6.88. The molecule has 0 unspecified atom stereocenters. The quantitative estimate of drug-likeness (QED) is 0.335. The van der Waals surface area contributed by atoms with Crippen LogP contribution in [0.5, 0.6) is 0 Å². The Morgan fingerprint density at radius 3 is 2.26 bits per heavy atom. The third-order valence-corrected chi connectivity index (χ3v) is 4.53. The van der Waals surface area contributed by atoms with Crippen LogP contribution in [0.1, 0.15) is 30.4 Å². The molecule has 0 spiro atoms. The number of primary amides is 1. The highest BCUT2D eigenvalue weighted by Gasteiger charge is 2.32. The number of amides is 2. The summed E-state index contributed by atoms with van der Waals surface area (Å²) >= 11 is 0. The largest absolute Gasteiger partial charge is 0.466 e. The normalized spacial score (nSPS) is 12.5. The Bertz CT molecular complexity index is 947. The van der Waals surface area contributed by atoms with E-state index in [1.54, 1.807) is 6.92 Å². The third-order valence-electron chi connectivity index (χ3n) is 4.53. The van der Waals surface area contributed by atoms with Gasteiger partial charge in [0.25, 0.3) is 5.69 Å². The van der Waals surface area contributed by atoms with E-state index in [2.05, 4.69) is 5.32 Å². The Morgan fingerprint density at radius 1 is 1.13 bits per heavy atom. The number of hydrogen-bond donors (Lipinski definition) is 2. The first-order valence-corrected chi connectivity index (χ1v) is 9.44. The first kappa shape index (κ1) is 23.5. The zero-order valence-corrected chi connectivity index (χ0v) is 16.7. The van der Waals surface area contributed by atoms with Crippen molar-refractivity contribution in [3.05, 3.63) is 75.6 Å². The summed E-state index contributed by atoms with van der Waals surface area (Å²) in [6, 6.07) is 9.23. The standard InChI is InChI=1S/C21H22FN3O6/c1-2-31-19(27)12-17(14-5-9-16(10-6-14)25(29)30)20(21(23)28)24-18(26)11-13-3-7-15(22)8-4-13/h3-10,17,20H,2,11-12H2,1H3,(H2,23,28)(H,24,26)/t17-,20+/m1/s1. The van der Waals surface area contributed by atoms with Crippen molar-refractivity contribution < 1.29 is 28.4 Å². The highest BCUT2D eigenvalue weighted by molar-refractivity contribution is 5.89. The van der Waals surface area contributed by atoms with Gasteiger partial charge in [-0.15, -0.1) is 0 Å². The number of carbonyl (C=O) groups is 3. The summed E-state index contributed by atoms with van der Waals surface area (Å²) in [5.74, 6) is -3.43. The summed E-state index contributed by atoms with van der Waals surface area (Å²) in [6.07, 6.45) is -0.424. The average Bonchev–Trinajstić information content (AvgIpc) is 2.72. The van der Waals surface area contributed by atoms with Gasteiger partial charge in [0.1, 0.15) is 11.9 Å². The number of halogens is 1. The molecule has 0 saturated carbocycles. The lowest BCUT2D eigenvalue weighted by Crippen LogP contribution is -2.49. The van der Waals surface area contributed by atoms with Gasteiger partial charge in [-0.1, -0.05) is 24.3 Å². The molecule has 0 saturated heterocycles. The molecule has 0 bridgehead atoms. The summed E-state index contributed by atoms with van der Waals surface area (Å²) in [5, 5.41) is 13.4. The van der Waals surface area contributed by atoms with E-state index in [1.807, 2.05) is 0 Å². The van der Waals surface area contributed by atoms with Gasteiger partial charge >= 0.3 is 5.97 Å². The van der Waals surface area contributed by atoms with E-state index in [-0.39, 0.29) is 25.1 Å². The lowest BCUT2D eigenvalue weighted by Gasteiger charge is -2.25.